The SMILES string of the molecule is Cc1cc(C(=O)c2ccccc2)cs1. The molecule has 0 bridgehead atoms. The minimum Gasteiger partial charge on any atom is -0.289 e. The fourth-order valence-corrected chi connectivity index (χ4v) is 2.00. The van der Waals surface area contributed by atoms with E-state index in [2.05, 4.69) is 0 Å². The van der Waals surface area contributed by atoms with Crippen molar-refractivity contribution in [3.63, 3.8) is 0 Å². The molecule has 1 nitrogen and oxygen atoms in total. The highest BCUT2D eigenvalue weighted by Gasteiger charge is 2.08. The molecule has 2 rings (SSSR count). The van der Waals surface area contributed by atoms with Crippen LogP contribution in [0.5, 0.6) is 0 Å². The summed E-state index contributed by atoms with van der Waals surface area (Å²) in [7, 11) is 0. The molecule has 0 amide bonds. The van der Waals surface area contributed by atoms with E-state index in [1.54, 1.807) is 11.3 Å². The monoisotopic (exact) mass is 202 g/mol. The Labute approximate surface area is 87.0 Å². The predicted octanol–water partition coefficient (Wildman–Crippen LogP) is 3.29. The molecule has 0 fully saturated rings. The Morgan fingerprint density at radius 1 is 1.14 bits per heavy atom. The molecule has 1 aromatic carbocycles. The summed E-state index contributed by atoms with van der Waals surface area (Å²) in [5.41, 5.74) is 1.55. The van der Waals surface area contributed by atoms with Gasteiger partial charge in [-0.25, -0.2) is 0 Å². The van der Waals surface area contributed by atoms with Gasteiger partial charge in [0.25, 0.3) is 0 Å². The summed E-state index contributed by atoms with van der Waals surface area (Å²) in [4.78, 5) is 13.0. The van der Waals surface area contributed by atoms with E-state index in [0.29, 0.717) is 0 Å². The summed E-state index contributed by atoms with van der Waals surface area (Å²) < 4.78 is 0. The molecule has 0 saturated carbocycles. The number of benzene rings is 1. The van der Waals surface area contributed by atoms with E-state index in [1.807, 2.05) is 48.7 Å². The van der Waals surface area contributed by atoms with Crippen molar-refractivity contribution in [1.82, 2.24) is 0 Å². The number of hydrogen-bond acceptors (Lipinski definition) is 2. The first kappa shape index (κ1) is 9.16. The molecule has 14 heavy (non-hydrogen) atoms. The topological polar surface area (TPSA) is 17.1 Å². The van der Waals surface area contributed by atoms with Gasteiger partial charge in [0.2, 0.25) is 0 Å². The van der Waals surface area contributed by atoms with Gasteiger partial charge >= 0.3 is 0 Å². The number of carbonyl (C=O) groups excluding carboxylic acids is 1. The van der Waals surface area contributed by atoms with Crippen LogP contribution in [0.4, 0.5) is 0 Å². The smallest absolute Gasteiger partial charge is 0.193 e. The first-order valence-electron chi connectivity index (χ1n) is 4.42. The van der Waals surface area contributed by atoms with Crippen LogP contribution in [-0.4, -0.2) is 5.78 Å². The fourth-order valence-electron chi connectivity index (χ4n) is 1.32. The van der Waals surface area contributed by atoms with Crippen molar-refractivity contribution in [3.05, 3.63) is 57.8 Å². The average Bonchev–Trinajstić information content (AvgIpc) is 2.65. The zero-order valence-corrected chi connectivity index (χ0v) is 8.67. The van der Waals surface area contributed by atoms with Crippen molar-refractivity contribution in [3.8, 4) is 0 Å². The van der Waals surface area contributed by atoms with Gasteiger partial charge in [-0.3, -0.25) is 4.79 Å². The summed E-state index contributed by atoms with van der Waals surface area (Å²) in [6, 6.07) is 11.3. The van der Waals surface area contributed by atoms with Gasteiger partial charge in [0.1, 0.15) is 0 Å². The minimum absolute atomic E-state index is 0.106. The molecule has 0 atom stereocenters. The highest BCUT2D eigenvalue weighted by Crippen LogP contribution is 2.16. The standard InChI is InChI=1S/C12H10OS/c1-9-7-11(8-14-9)12(13)10-5-3-2-4-6-10/h2-8H,1H3. The van der Waals surface area contributed by atoms with E-state index in [1.165, 1.54) is 4.88 Å². The van der Waals surface area contributed by atoms with Gasteiger partial charge < -0.3 is 0 Å². The summed E-state index contributed by atoms with van der Waals surface area (Å²) >= 11 is 1.61. The third-order valence-electron chi connectivity index (χ3n) is 2.03. The van der Waals surface area contributed by atoms with Gasteiger partial charge in [0.05, 0.1) is 0 Å². The Morgan fingerprint density at radius 2 is 1.86 bits per heavy atom. The van der Waals surface area contributed by atoms with Gasteiger partial charge in [-0.15, -0.1) is 11.3 Å². The molecular weight excluding hydrogens is 192 g/mol. The molecule has 1 heterocycles. The first-order valence-corrected chi connectivity index (χ1v) is 5.30. The fraction of sp³-hybridized carbons (Fsp3) is 0.0833. The third-order valence-corrected chi connectivity index (χ3v) is 2.89. The Bertz CT molecular complexity index is 442. The van der Waals surface area contributed by atoms with Gasteiger partial charge in [-0.1, -0.05) is 30.3 Å². The molecule has 1 aromatic heterocycles. The first-order chi connectivity index (χ1) is 6.77. The maximum absolute atomic E-state index is 11.9. The molecule has 0 radical (unpaired) electrons. The molecule has 0 spiro atoms. The number of rotatable bonds is 2. The molecule has 0 saturated heterocycles. The van der Waals surface area contributed by atoms with E-state index < -0.39 is 0 Å². The summed E-state index contributed by atoms with van der Waals surface area (Å²) in [6.07, 6.45) is 0. The van der Waals surface area contributed by atoms with Crippen LogP contribution in [-0.2, 0) is 0 Å². The Kier molecular flexibility index (Phi) is 2.46. The van der Waals surface area contributed by atoms with Crippen molar-refractivity contribution in [2.24, 2.45) is 0 Å². The molecule has 0 N–H and O–H groups in total. The number of thiophene rings is 1. The van der Waals surface area contributed by atoms with Gasteiger partial charge in [0, 0.05) is 21.4 Å². The zero-order chi connectivity index (χ0) is 9.97. The number of aryl methyl sites for hydroxylation is 1. The second-order valence-electron chi connectivity index (χ2n) is 3.14. The summed E-state index contributed by atoms with van der Waals surface area (Å²) in [6.45, 7) is 2.01. The van der Waals surface area contributed by atoms with Crippen LogP contribution in [0.3, 0.4) is 0 Å². The number of carbonyl (C=O) groups is 1. The molecule has 2 heteroatoms. The lowest BCUT2D eigenvalue weighted by atomic mass is 10.1. The molecule has 2 aromatic rings. The van der Waals surface area contributed by atoms with Crippen LogP contribution < -0.4 is 0 Å². The number of hydrogen-bond donors (Lipinski definition) is 0. The Balaban J connectivity index is 2.34. The second-order valence-corrected chi connectivity index (χ2v) is 4.26. The molecule has 0 aliphatic heterocycles. The third kappa shape index (κ3) is 1.75. The van der Waals surface area contributed by atoms with E-state index in [0.717, 1.165) is 11.1 Å². The molecule has 70 valence electrons. The highest BCUT2D eigenvalue weighted by molar-refractivity contribution is 7.10. The van der Waals surface area contributed by atoms with Crippen molar-refractivity contribution >= 4 is 17.1 Å². The van der Waals surface area contributed by atoms with Crippen molar-refractivity contribution < 1.29 is 4.79 Å². The second kappa shape index (κ2) is 3.76. The minimum atomic E-state index is 0.106. The van der Waals surface area contributed by atoms with Gasteiger partial charge in [-0.05, 0) is 13.0 Å². The molecular formula is C12H10OS. The quantitative estimate of drug-likeness (QED) is 0.683. The maximum atomic E-state index is 11.9. The van der Waals surface area contributed by atoms with E-state index in [9.17, 15) is 4.79 Å². The Morgan fingerprint density at radius 3 is 2.43 bits per heavy atom. The van der Waals surface area contributed by atoms with Crippen LogP contribution in [0.15, 0.2) is 41.8 Å². The normalized spacial score (nSPS) is 10.1. The van der Waals surface area contributed by atoms with Crippen LogP contribution in [0, 0.1) is 6.92 Å². The molecule has 0 unspecified atom stereocenters. The van der Waals surface area contributed by atoms with Crippen molar-refractivity contribution in [1.29, 1.82) is 0 Å². The summed E-state index contributed by atoms with van der Waals surface area (Å²) in [5, 5.41) is 1.91. The number of ketones is 1. The lowest BCUT2D eigenvalue weighted by Gasteiger charge is -1.96. The Hall–Kier alpha value is -1.41. The highest BCUT2D eigenvalue weighted by atomic mass is 32.1. The van der Waals surface area contributed by atoms with Crippen LogP contribution in [0.2, 0.25) is 0 Å². The van der Waals surface area contributed by atoms with Crippen molar-refractivity contribution in [2.75, 3.05) is 0 Å². The average molecular weight is 202 g/mol. The predicted molar refractivity (Wildman–Crippen MR) is 58.9 cm³/mol. The lowest BCUT2D eigenvalue weighted by Crippen LogP contribution is -1.98. The van der Waals surface area contributed by atoms with E-state index in [4.69, 9.17) is 0 Å². The van der Waals surface area contributed by atoms with E-state index in [-0.39, 0.29) is 5.78 Å². The maximum Gasteiger partial charge on any atom is 0.193 e. The van der Waals surface area contributed by atoms with E-state index >= 15 is 0 Å². The van der Waals surface area contributed by atoms with Crippen LogP contribution in [0.25, 0.3) is 0 Å². The van der Waals surface area contributed by atoms with Gasteiger partial charge in [-0.2, -0.15) is 0 Å². The van der Waals surface area contributed by atoms with Crippen LogP contribution in [0.1, 0.15) is 20.8 Å². The summed E-state index contributed by atoms with van der Waals surface area (Å²) in [5.74, 6) is 0.106. The van der Waals surface area contributed by atoms with Crippen molar-refractivity contribution in [2.45, 2.75) is 6.92 Å². The van der Waals surface area contributed by atoms with Crippen LogP contribution >= 0.6 is 11.3 Å². The molecule has 0 aliphatic rings. The largest absolute Gasteiger partial charge is 0.289 e. The van der Waals surface area contributed by atoms with Gasteiger partial charge in [0.15, 0.2) is 5.78 Å². The lowest BCUT2D eigenvalue weighted by molar-refractivity contribution is 0.103. The zero-order valence-electron chi connectivity index (χ0n) is 7.86. The molecule has 0 aliphatic carbocycles.